The number of nitrogens with two attached hydrogens (primary N) is 1. The van der Waals surface area contributed by atoms with Crippen LogP contribution < -0.4 is 11.3 Å². The molecule has 3 N–H and O–H groups in total. The number of unbranched alkanes of at least 4 members (excludes halogenated alkanes) is 1. The van der Waals surface area contributed by atoms with Crippen LogP contribution in [0.15, 0.2) is 35.5 Å². The second kappa shape index (κ2) is 7.26. The first-order valence-corrected chi connectivity index (χ1v) is 5.46. The van der Waals surface area contributed by atoms with Crippen LogP contribution in [0, 0.1) is 0 Å². The molecule has 15 heavy (non-hydrogen) atoms. The van der Waals surface area contributed by atoms with Crippen LogP contribution in [-0.2, 0) is 6.42 Å². The van der Waals surface area contributed by atoms with Gasteiger partial charge in [-0.15, -0.1) is 6.58 Å². The van der Waals surface area contributed by atoms with Crippen molar-refractivity contribution in [2.75, 3.05) is 0 Å². The summed E-state index contributed by atoms with van der Waals surface area (Å²) in [5.74, 6) is 6.51. The summed E-state index contributed by atoms with van der Waals surface area (Å²) in [6.45, 7) is 3.70. The molecule has 0 spiro atoms. The van der Waals surface area contributed by atoms with E-state index < -0.39 is 0 Å². The molecule has 0 fully saturated rings. The molecular weight excluding hydrogens is 188 g/mol. The van der Waals surface area contributed by atoms with Gasteiger partial charge in [0, 0.05) is 12.5 Å². The van der Waals surface area contributed by atoms with Crippen molar-refractivity contribution < 1.29 is 4.42 Å². The minimum absolute atomic E-state index is 0.370. The Balaban J connectivity index is 2.18. The van der Waals surface area contributed by atoms with Crippen LogP contribution in [0.3, 0.4) is 0 Å². The third-order valence-corrected chi connectivity index (χ3v) is 2.52. The molecule has 0 bridgehead atoms. The molecule has 84 valence electrons. The zero-order valence-corrected chi connectivity index (χ0v) is 9.11. The number of hydrogen-bond acceptors (Lipinski definition) is 3. The van der Waals surface area contributed by atoms with Gasteiger partial charge in [-0.25, -0.2) is 0 Å². The van der Waals surface area contributed by atoms with E-state index in [1.54, 1.807) is 6.26 Å². The van der Waals surface area contributed by atoms with E-state index in [4.69, 9.17) is 10.3 Å². The summed E-state index contributed by atoms with van der Waals surface area (Å²) in [7, 11) is 0. The number of hydrogen-bond donors (Lipinski definition) is 2. The van der Waals surface area contributed by atoms with Crippen LogP contribution in [0.4, 0.5) is 0 Å². The lowest BCUT2D eigenvalue weighted by atomic mass is 10.0. The maximum atomic E-state index is 5.49. The zero-order chi connectivity index (χ0) is 10.9. The molecule has 1 aromatic rings. The predicted molar refractivity (Wildman–Crippen MR) is 62.2 cm³/mol. The van der Waals surface area contributed by atoms with E-state index in [9.17, 15) is 0 Å². The molecule has 0 amide bonds. The minimum Gasteiger partial charge on any atom is -0.469 e. The smallest absolute Gasteiger partial charge is 0.103 e. The molecule has 1 aromatic heterocycles. The molecule has 0 radical (unpaired) electrons. The van der Waals surface area contributed by atoms with Gasteiger partial charge in [0.15, 0.2) is 0 Å². The molecule has 1 atom stereocenters. The molecule has 3 heteroatoms. The van der Waals surface area contributed by atoms with E-state index in [1.807, 2.05) is 18.2 Å². The topological polar surface area (TPSA) is 51.2 Å². The van der Waals surface area contributed by atoms with E-state index in [1.165, 1.54) is 0 Å². The Morgan fingerprint density at radius 1 is 1.53 bits per heavy atom. The van der Waals surface area contributed by atoms with Gasteiger partial charge < -0.3 is 4.42 Å². The normalized spacial score (nSPS) is 12.6. The Bertz CT molecular complexity index is 257. The van der Waals surface area contributed by atoms with Crippen molar-refractivity contribution in [2.24, 2.45) is 5.84 Å². The van der Waals surface area contributed by atoms with E-state index >= 15 is 0 Å². The van der Waals surface area contributed by atoms with E-state index in [0.29, 0.717) is 6.04 Å². The van der Waals surface area contributed by atoms with Crippen molar-refractivity contribution in [2.45, 2.75) is 38.1 Å². The summed E-state index contributed by atoms with van der Waals surface area (Å²) in [5, 5.41) is 0. The third-order valence-electron chi connectivity index (χ3n) is 2.52. The highest BCUT2D eigenvalue weighted by Crippen LogP contribution is 2.10. The zero-order valence-electron chi connectivity index (χ0n) is 9.11. The number of hydrazine groups is 1. The molecule has 1 heterocycles. The monoisotopic (exact) mass is 208 g/mol. The van der Waals surface area contributed by atoms with Gasteiger partial charge in [0.1, 0.15) is 5.76 Å². The molecule has 3 nitrogen and oxygen atoms in total. The Kier molecular flexibility index (Phi) is 5.81. The number of nitrogens with one attached hydrogen (secondary N) is 1. The van der Waals surface area contributed by atoms with Gasteiger partial charge in [0.2, 0.25) is 0 Å². The minimum atomic E-state index is 0.370. The quantitative estimate of drug-likeness (QED) is 0.298. The van der Waals surface area contributed by atoms with Gasteiger partial charge in [-0.05, 0) is 37.8 Å². The third kappa shape index (κ3) is 4.81. The van der Waals surface area contributed by atoms with Gasteiger partial charge in [0.05, 0.1) is 6.26 Å². The molecule has 0 aromatic carbocycles. The highest BCUT2D eigenvalue weighted by Gasteiger charge is 2.06. The number of furan rings is 1. The molecule has 0 aliphatic heterocycles. The molecule has 1 rings (SSSR count). The summed E-state index contributed by atoms with van der Waals surface area (Å²) in [4.78, 5) is 0. The van der Waals surface area contributed by atoms with Crippen LogP contribution >= 0.6 is 0 Å². The molecule has 0 saturated heterocycles. The van der Waals surface area contributed by atoms with Crippen molar-refractivity contribution >= 4 is 0 Å². The van der Waals surface area contributed by atoms with Gasteiger partial charge in [0.25, 0.3) is 0 Å². The predicted octanol–water partition coefficient (Wildman–Crippen LogP) is 2.40. The first kappa shape index (κ1) is 12.0. The SMILES string of the molecule is C=CCCCC(CCc1ccco1)NN. The Hall–Kier alpha value is -1.06. The Morgan fingerprint density at radius 2 is 2.40 bits per heavy atom. The molecule has 0 aliphatic rings. The lowest BCUT2D eigenvalue weighted by Crippen LogP contribution is -2.35. The maximum Gasteiger partial charge on any atom is 0.103 e. The van der Waals surface area contributed by atoms with Crippen molar-refractivity contribution in [3.05, 3.63) is 36.8 Å². The van der Waals surface area contributed by atoms with E-state index in [0.717, 1.165) is 37.9 Å². The summed E-state index contributed by atoms with van der Waals surface area (Å²) in [6.07, 6.45) is 8.88. The highest BCUT2D eigenvalue weighted by molar-refractivity contribution is 4.98. The average molecular weight is 208 g/mol. The molecule has 0 aliphatic carbocycles. The summed E-state index contributed by atoms with van der Waals surface area (Å²) >= 11 is 0. The molecule has 0 saturated carbocycles. The van der Waals surface area contributed by atoms with Gasteiger partial charge >= 0.3 is 0 Å². The number of allylic oxidation sites excluding steroid dienone is 1. The average Bonchev–Trinajstić information content (AvgIpc) is 2.76. The maximum absolute atomic E-state index is 5.49. The second-order valence-electron chi connectivity index (χ2n) is 3.70. The lowest BCUT2D eigenvalue weighted by molar-refractivity contribution is 0.425. The standard InChI is InChI=1S/C12H20N2O/c1-2-3-4-6-11(14-13)8-9-12-7-5-10-15-12/h2,5,7,10-11,14H,1,3-4,6,8-9,13H2. The summed E-state index contributed by atoms with van der Waals surface area (Å²) in [5.41, 5.74) is 2.85. The number of aryl methyl sites for hydroxylation is 1. The first-order valence-electron chi connectivity index (χ1n) is 5.46. The van der Waals surface area contributed by atoms with Gasteiger partial charge in [-0.1, -0.05) is 6.08 Å². The van der Waals surface area contributed by atoms with Crippen molar-refractivity contribution in [1.82, 2.24) is 5.43 Å². The van der Waals surface area contributed by atoms with E-state index in [-0.39, 0.29) is 0 Å². The first-order chi connectivity index (χ1) is 7.36. The van der Waals surface area contributed by atoms with Crippen LogP contribution in [0.2, 0.25) is 0 Å². The fourth-order valence-electron chi connectivity index (χ4n) is 1.59. The van der Waals surface area contributed by atoms with Gasteiger partial charge in [-0.3, -0.25) is 11.3 Å². The van der Waals surface area contributed by atoms with E-state index in [2.05, 4.69) is 12.0 Å². The second-order valence-corrected chi connectivity index (χ2v) is 3.70. The summed E-state index contributed by atoms with van der Waals surface area (Å²) in [6, 6.07) is 4.28. The fourth-order valence-corrected chi connectivity index (χ4v) is 1.59. The lowest BCUT2D eigenvalue weighted by Gasteiger charge is -2.14. The Morgan fingerprint density at radius 3 is 3.00 bits per heavy atom. The highest BCUT2D eigenvalue weighted by atomic mass is 16.3. The van der Waals surface area contributed by atoms with Crippen molar-refractivity contribution in [3.63, 3.8) is 0 Å². The molecular formula is C12H20N2O. The van der Waals surface area contributed by atoms with Gasteiger partial charge in [-0.2, -0.15) is 0 Å². The van der Waals surface area contributed by atoms with Crippen LogP contribution in [0.5, 0.6) is 0 Å². The van der Waals surface area contributed by atoms with Crippen LogP contribution in [-0.4, -0.2) is 6.04 Å². The van der Waals surface area contributed by atoms with Crippen LogP contribution in [0.1, 0.15) is 31.4 Å². The van der Waals surface area contributed by atoms with Crippen LogP contribution in [0.25, 0.3) is 0 Å². The fraction of sp³-hybridized carbons (Fsp3) is 0.500. The van der Waals surface area contributed by atoms with Crippen molar-refractivity contribution in [3.8, 4) is 0 Å². The summed E-state index contributed by atoms with van der Waals surface area (Å²) < 4.78 is 5.27. The largest absolute Gasteiger partial charge is 0.469 e. The molecule has 1 unspecified atom stereocenters. The van der Waals surface area contributed by atoms with Crippen molar-refractivity contribution in [1.29, 1.82) is 0 Å². The Labute approximate surface area is 91.3 Å². The number of rotatable bonds is 8.